The van der Waals surface area contributed by atoms with Crippen molar-refractivity contribution in [2.24, 2.45) is 0 Å². The van der Waals surface area contributed by atoms with Gasteiger partial charge in [0.1, 0.15) is 5.66 Å². The molecule has 0 spiro atoms. The minimum Gasteiger partial charge on any atom is -0.338 e. The summed E-state index contributed by atoms with van der Waals surface area (Å²) in [5, 5.41) is 0. The molecule has 4 nitrogen and oxygen atoms in total. The van der Waals surface area contributed by atoms with Crippen LogP contribution < -0.4 is 0 Å². The summed E-state index contributed by atoms with van der Waals surface area (Å²) in [6, 6.07) is 9.89. The molecule has 1 aromatic rings. The van der Waals surface area contributed by atoms with E-state index >= 15 is 0 Å². The smallest absolute Gasteiger partial charge is 0.235 e. The highest BCUT2D eigenvalue weighted by molar-refractivity contribution is 7.60. The Balaban J connectivity index is 2.07. The monoisotopic (exact) mass is 295 g/mol. The first kappa shape index (κ1) is 15.3. The average molecular weight is 295 g/mol. The number of amides is 1. The lowest BCUT2D eigenvalue weighted by Gasteiger charge is -2.22. The molecule has 1 aliphatic heterocycles. The molecule has 20 heavy (non-hydrogen) atoms. The lowest BCUT2D eigenvalue weighted by molar-refractivity contribution is -0.128. The van der Waals surface area contributed by atoms with Gasteiger partial charge < -0.3 is 9.42 Å². The third-order valence-corrected chi connectivity index (χ3v) is 6.75. The zero-order valence-corrected chi connectivity index (χ0v) is 13.0. The van der Waals surface area contributed by atoms with Crippen LogP contribution in [0.5, 0.6) is 0 Å². The third-order valence-electron chi connectivity index (χ3n) is 3.75. The second kappa shape index (κ2) is 6.55. The molecule has 1 aromatic carbocycles. The van der Waals surface area contributed by atoms with Crippen molar-refractivity contribution < 1.29 is 13.9 Å². The summed E-state index contributed by atoms with van der Waals surface area (Å²) < 4.78 is 18.2. The van der Waals surface area contributed by atoms with Crippen LogP contribution in [0.2, 0.25) is 0 Å². The Morgan fingerprint density at radius 3 is 2.60 bits per heavy atom. The fraction of sp³-hybridized carbons (Fsp3) is 0.533. The van der Waals surface area contributed by atoms with E-state index in [1.54, 1.807) is 4.90 Å². The van der Waals surface area contributed by atoms with Crippen molar-refractivity contribution in [3.63, 3.8) is 0 Å². The topological polar surface area (TPSA) is 46.6 Å². The average Bonchev–Trinajstić information content (AvgIpc) is 2.82. The number of carbonyl (C=O) groups is 1. The Kier molecular flexibility index (Phi) is 5.00. The predicted octanol–water partition coefficient (Wildman–Crippen LogP) is 3.12. The molecule has 2 rings (SSSR count). The van der Waals surface area contributed by atoms with Crippen LogP contribution in [-0.4, -0.2) is 35.8 Å². The first-order valence-electron chi connectivity index (χ1n) is 7.16. The summed E-state index contributed by atoms with van der Waals surface area (Å²) in [5.74, 6) is -0.0208. The molecule has 2 atom stereocenters. The van der Waals surface area contributed by atoms with E-state index in [0.717, 1.165) is 5.56 Å². The lowest BCUT2D eigenvalue weighted by Crippen LogP contribution is -2.29. The number of benzene rings is 1. The number of hydrogen-bond acceptors (Lipinski definition) is 3. The van der Waals surface area contributed by atoms with Crippen LogP contribution in [0.25, 0.3) is 0 Å². The number of hydrogen-bond donors (Lipinski definition) is 0. The highest BCUT2D eigenvalue weighted by Gasteiger charge is 2.44. The summed E-state index contributed by atoms with van der Waals surface area (Å²) in [6.07, 6.45) is 1.06. The van der Waals surface area contributed by atoms with E-state index in [1.165, 1.54) is 0 Å². The van der Waals surface area contributed by atoms with Gasteiger partial charge in [-0.05, 0) is 18.9 Å². The number of nitrogens with zero attached hydrogens (tertiary/aromatic N) is 1. The van der Waals surface area contributed by atoms with Gasteiger partial charge in [-0.2, -0.15) is 0 Å². The largest absolute Gasteiger partial charge is 0.338 e. The second-order valence-corrected chi connectivity index (χ2v) is 7.98. The fourth-order valence-electron chi connectivity index (χ4n) is 2.67. The molecule has 1 fully saturated rings. The Bertz CT molecular complexity index is 503. The molecule has 1 heterocycles. The maximum atomic E-state index is 12.7. The number of likely N-dealkylation sites (tertiary alicyclic amines) is 1. The molecular weight excluding hydrogens is 273 g/mol. The molecule has 1 saturated heterocycles. The Morgan fingerprint density at radius 2 is 2.00 bits per heavy atom. The van der Waals surface area contributed by atoms with Crippen LogP contribution >= 0.6 is 7.37 Å². The molecule has 110 valence electrons. The summed E-state index contributed by atoms with van der Waals surface area (Å²) in [4.78, 5) is 14.3. The minimum atomic E-state index is -2.84. The van der Waals surface area contributed by atoms with Crippen molar-refractivity contribution in [1.29, 1.82) is 0 Å². The highest BCUT2D eigenvalue weighted by Crippen LogP contribution is 2.54. The van der Waals surface area contributed by atoms with E-state index in [1.807, 2.05) is 44.2 Å². The van der Waals surface area contributed by atoms with Gasteiger partial charge in [-0.1, -0.05) is 37.3 Å². The molecule has 5 heteroatoms. The first-order chi connectivity index (χ1) is 9.60. The van der Waals surface area contributed by atoms with E-state index in [2.05, 4.69) is 0 Å². The molecule has 1 amide bonds. The van der Waals surface area contributed by atoms with Gasteiger partial charge in [-0.3, -0.25) is 9.36 Å². The van der Waals surface area contributed by atoms with Gasteiger partial charge in [0.05, 0.1) is 6.61 Å². The standard InChI is InChI=1S/C15H22NO3P/c1-3-19-20(18,4-2)14-10-11-16(15(14)17)12-13-8-6-5-7-9-13/h5-9,14H,3-4,10-12H2,1-2H3. The van der Waals surface area contributed by atoms with Gasteiger partial charge in [0.25, 0.3) is 0 Å². The van der Waals surface area contributed by atoms with Crippen molar-refractivity contribution in [2.75, 3.05) is 19.3 Å². The third kappa shape index (κ3) is 3.13. The summed E-state index contributed by atoms with van der Waals surface area (Å²) in [6.45, 7) is 5.31. The van der Waals surface area contributed by atoms with E-state index < -0.39 is 13.0 Å². The molecule has 0 radical (unpaired) electrons. The van der Waals surface area contributed by atoms with E-state index in [4.69, 9.17) is 4.52 Å². The molecule has 1 aliphatic rings. The summed E-state index contributed by atoms with van der Waals surface area (Å²) >= 11 is 0. The van der Waals surface area contributed by atoms with Crippen LogP contribution in [0.4, 0.5) is 0 Å². The van der Waals surface area contributed by atoms with E-state index in [-0.39, 0.29) is 5.91 Å². The molecule has 0 aromatic heterocycles. The zero-order chi connectivity index (χ0) is 14.6. The van der Waals surface area contributed by atoms with Crippen LogP contribution in [0, 0.1) is 0 Å². The molecule has 0 bridgehead atoms. The van der Waals surface area contributed by atoms with Gasteiger partial charge in [0.15, 0.2) is 0 Å². The van der Waals surface area contributed by atoms with Crippen molar-refractivity contribution in [3.05, 3.63) is 35.9 Å². The maximum Gasteiger partial charge on any atom is 0.235 e. The molecule has 2 unspecified atom stereocenters. The van der Waals surface area contributed by atoms with Gasteiger partial charge in [0, 0.05) is 19.3 Å². The van der Waals surface area contributed by atoms with Crippen LogP contribution in [0.3, 0.4) is 0 Å². The van der Waals surface area contributed by atoms with Gasteiger partial charge in [-0.25, -0.2) is 0 Å². The fourth-order valence-corrected chi connectivity index (χ4v) is 4.92. The maximum absolute atomic E-state index is 12.7. The normalized spacial score (nSPS) is 22.0. The molecule has 0 saturated carbocycles. The molecule has 0 aliphatic carbocycles. The number of carbonyl (C=O) groups excluding carboxylic acids is 1. The number of rotatable bonds is 6. The van der Waals surface area contributed by atoms with Crippen LogP contribution in [0.15, 0.2) is 30.3 Å². The van der Waals surface area contributed by atoms with Crippen molar-refractivity contribution in [1.82, 2.24) is 4.90 Å². The highest BCUT2D eigenvalue weighted by atomic mass is 31.2. The van der Waals surface area contributed by atoms with Crippen LogP contribution in [0.1, 0.15) is 25.8 Å². The van der Waals surface area contributed by atoms with E-state index in [0.29, 0.717) is 32.3 Å². The SMILES string of the molecule is CCOP(=O)(CC)C1CCN(Cc2ccccc2)C1=O. The first-order valence-corrected chi connectivity index (χ1v) is 9.04. The summed E-state index contributed by atoms with van der Waals surface area (Å²) in [5.41, 5.74) is 0.653. The van der Waals surface area contributed by atoms with Crippen molar-refractivity contribution >= 4 is 13.3 Å². The Morgan fingerprint density at radius 1 is 1.30 bits per heavy atom. The van der Waals surface area contributed by atoms with Gasteiger partial charge in [0.2, 0.25) is 13.3 Å². The van der Waals surface area contributed by atoms with E-state index in [9.17, 15) is 9.36 Å². The van der Waals surface area contributed by atoms with Gasteiger partial charge >= 0.3 is 0 Å². The molecular formula is C15H22NO3P. The zero-order valence-electron chi connectivity index (χ0n) is 12.1. The lowest BCUT2D eigenvalue weighted by atomic mass is 10.2. The second-order valence-electron chi connectivity index (χ2n) is 5.01. The van der Waals surface area contributed by atoms with Crippen molar-refractivity contribution in [2.45, 2.75) is 32.5 Å². The van der Waals surface area contributed by atoms with Crippen molar-refractivity contribution in [3.8, 4) is 0 Å². The Hall–Kier alpha value is -1.12. The molecule has 0 N–H and O–H groups in total. The Labute approximate surface area is 120 Å². The predicted molar refractivity (Wildman–Crippen MR) is 80.0 cm³/mol. The van der Waals surface area contributed by atoms with Crippen LogP contribution in [-0.2, 0) is 20.4 Å². The summed E-state index contributed by atoms with van der Waals surface area (Å²) in [7, 11) is -2.84. The minimum absolute atomic E-state index is 0.0208. The van der Waals surface area contributed by atoms with Gasteiger partial charge in [-0.15, -0.1) is 0 Å². The quantitative estimate of drug-likeness (QED) is 0.758.